The van der Waals surface area contributed by atoms with Crippen molar-refractivity contribution in [3.8, 4) is 0 Å². The number of halogens is 1. The van der Waals surface area contributed by atoms with E-state index in [2.05, 4.69) is 11.6 Å². The molecule has 2 rings (SSSR count). The second-order valence-electron chi connectivity index (χ2n) is 3.46. The summed E-state index contributed by atoms with van der Waals surface area (Å²) in [4.78, 5) is 14.5. The zero-order valence-electron chi connectivity index (χ0n) is 9.96. The Balaban J connectivity index is 0.000000312. The van der Waals surface area contributed by atoms with Crippen LogP contribution >= 0.6 is 0 Å². The molecule has 0 bridgehead atoms. The minimum atomic E-state index is -4.94. The molecule has 0 spiro atoms. The van der Waals surface area contributed by atoms with Crippen LogP contribution in [0.15, 0.2) is 30.8 Å². The topological polar surface area (TPSA) is 128 Å². The van der Waals surface area contributed by atoms with Gasteiger partial charge < -0.3 is 0 Å². The minimum absolute atomic E-state index is 0.0163. The van der Waals surface area contributed by atoms with Crippen molar-refractivity contribution in [2.24, 2.45) is 0 Å². The molecule has 0 amide bonds. The number of nitrogens with one attached hydrogen (secondary N) is 1. The number of H-pyrrole nitrogens is 1. The molecule has 1 aromatic heterocycles. The van der Waals surface area contributed by atoms with Crippen LogP contribution in [0.25, 0.3) is 17.1 Å². The number of hydrogen-bond acceptors (Lipinski definition) is 5. The number of carbonyl (C=O) groups is 1. The lowest BCUT2D eigenvalue weighted by atomic mass is 10.3. The molecule has 0 saturated heterocycles. The maximum Gasteiger partial charge on any atom is 0.311 e. The number of carbonyl (C=O) groups excluding carboxylic acids is 1. The van der Waals surface area contributed by atoms with Crippen LogP contribution in [0.4, 0.5) is 0 Å². The fourth-order valence-corrected chi connectivity index (χ4v) is 1.58. The van der Waals surface area contributed by atoms with Gasteiger partial charge in [-0.1, -0.05) is 18.7 Å². The normalized spacial score (nSPS) is 10.8. The third kappa shape index (κ3) is 4.43. The molecule has 0 aliphatic rings. The maximum absolute atomic E-state index is 11.4. The van der Waals surface area contributed by atoms with Gasteiger partial charge in [-0.15, -0.1) is 10.2 Å². The molecule has 8 heteroatoms. The summed E-state index contributed by atoms with van der Waals surface area (Å²) in [6.45, 7) is 5.20. The molecule has 0 aliphatic carbocycles. The van der Waals surface area contributed by atoms with E-state index in [9.17, 15) is 4.79 Å². The molecule has 0 unspecified atom stereocenters. The number of imidazole rings is 1. The van der Waals surface area contributed by atoms with Gasteiger partial charge in [-0.25, -0.2) is 28.4 Å². The van der Waals surface area contributed by atoms with Crippen molar-refractivity contribution >= 4 is 23.0 Å². The first-order valence-electron chi connectivity index (χ1n) is 5.02. The second-order valence-corrected chi connectivity index (χ2v) is 4.22. The number of hydrogen-bond donors (Lipinski definition) is 0. The first kappa shape index (κ1) is 15.3. The fourth-order valence-electron chi connectivity index (χ4n) is 1.58. The predicted octanol–water partition coefficient (Wildman–Crippen LogP) is -3.00. The molecule has 0 aliphatic heterocycles. The number of nitrogens with zero attached hydrogens (tertiary/aromatic N) is 1. The average molecular weight is 287 g/mol. The molecule has 102 valence electrons. The fraction of sp³-hybridized carbons (Fsp3) is 0.0909. The largest absolute Gasteiger partial charge is 0.311 e. The van der Waals surface area contributed by atoms with Gasteiger partial charge in [0.15, 0.2) is 11.0 Å². The van der Waals surface area contributed by atoms with Crippen molar-refractivity contribution in [3.63, 3.8) is 0 Å². The number of para-hydroxylation sites is 2. The molecule has 0 radical (unpaired) electrons. The molecular weight excluding hydrogens is 276 g/mol. The quantitative estimate of drug-likeness (QED) is 0.552. The highest BCUT2D eigenvalue weighted by atomic mass is 35.7. The van der Waals surface area contributed by atoms with Crippen molar-refractivity contribution in [3.05, 3.63) is 36.7 Å². The summed E-state index contributed by atoms with van der Waals surface area (Å²) in [5.41, 5.74) is 1.83. The van der Waals surface area contributed by atoms with Crippen LogP contribution in [0.3, 0.4) is 0 Å². The molecule has 0 saturated carbocycles. The zero-order chi connectivity index (χ0) is 14.6. The van der Waals surface area contributed by atoms with Crippen LogP contribution in [0, 0.1) is 10.2 Å². The van der Waals surface area contributed by atoms with E-state index in [0.717, 1.165) is 16.9 Å². The summed E-state index contributed by atoms with van der Waals surface area (Å²) in [5.74, 6) is 0.705. The standard InChI is InChI=1S/C11H10N2O.ClHO4/c1-3-11-12-9-6-4-5-7-10(9)13(11)8(2)14;2-1(3,4)5/h3-7H,1H2,2H3;(H,2,3,4,5). The first-order chi connectivity index (χ1) is 8.74. The van der Waals surface area contributed by atoms with Gasteiger partial charge in [0, 0.05) is 13.0 Å². The summed E-state index contributed by atoms with van der Waals surface area (Å²) in [7, 11) is -4.94. The lowest BCUT2D eigenvalue weighted by molar-refractivity contribution is -2.00. The molecular formula is C11H11ClN2O5. The van der Waals surface area contributed by atoms with Crippen LogP contribution < -0.4 is 23.6 Å². The van der Waals surface area contributed by atoms with Gasteiger partial charge in [0.2, 0.25) is 0 Å². The SMILES string of the molecule is C=Cc1[nH+]c2ccccc2n1C(C)=O.[O-][Cl+3]([O-])([O-])[O-]. The molecule has 1 heterocycles. The number of benzene rings is 1. The lowest BCUT2D eigenvalue weighted by Gasteiger charge is -2.17. The second kappa shape index (κ2) is 5.91. The highest BCUT2D eigenvalue weighted by molar-refractivity contribution is 5.89. The summed E-state index contributed by atoms with van der Waals surface area (Å²) >= 11 is 0. The molecule has 0 atom stereocenters. The number of rotatable bonds is 1. The first-order valence-corrected chi connectivity index (χ1v) is 6.25. The van der Waals surface area contributed by atoms with Gasteiger partial charge in [-0.3, -0.25) is 0 Å². The maximum atomic E-state index is 11.4. The van der Waals surface area contributed by atoms with Gasteiger partial charge in [-0.05, 0) is 12.1 Å². The van der Waals surface area contributed by atoms with E-state index in [0.29, 0.717) is 0 Å². The Morgan fingerprint density at radius 1 is 1.32 bits per heavy atom. The Labute approximate surface area is 110 Å². The highest BCUT2D eigenvalue weighted by Gasteiger charge is 2.18. The van der Waals surface area contributed by atoms with E-state index < -0.39 is 10.2 Å². The van der Waals surface area contributed by atoms with Crippen LogP contribution in [0.1, 0.15) is 17.5 Å². The van der Waals surface area contributed by atoms with E-state index in [-0.39, 0.29) is 5.91 Å². The van der Waals surface area contributed by atoms with E-state index in [4.69, 9.17) is 18.6 Å². The molecule has 2 aromatic rings. The van der Waals surface area contributed by atoms with Gasteiger partial charge in [-0.2, -0.15) is 4.57 Å². The molecule has 0 fully saturated rings. The van der Waals surface area contributed by atoms with Crippen molar-refractivity contribution < 1.29 is 38.7 Å². The smallest absolute Gasteiger partial charge is 0.247 e. The molecule has 7 nitrogen and oxygen atoms in total. The van der Waals surface area contributed by atoms with E-state index in [1.165, 1.54) is 6.92 Å². The number of fused-ring (bicyclic) bond motifs is 1. The number of aromatic nitrogens is 2. The Bertz CT molecular complexity index is 597. The minimum Gasteiger partial charge on any atom is -0.247 e. The number of aromatic amines is 1. The van der Waals surface area contributed by atoms with Crippen molar-refractivity contribution in [1.29, 1.82) is 0 Å². The third-order valence-electron chi connectivity index (χ3n) is 2.16. The predicted molar refractivity (Wildman–Crippen MR) is 54.9 cm³/mol. The zero-order valence-corrected chi connectivity index (χ0v) is 10.7. The van der Waals surface area contributed by atoms with Gasteiger partial charge in [0.1, 0.15) is 0 Å². The van der Waals surface area contributed by atoms with Crippen molar-refractivity contribution in [2.75, 3.05) is 0 Å². The van der Waals surface area contributed by atoms with E-state index >= 15 is 0 Å². The van der Waals surface area contributed by atoms with Gasteiger partial charge >= 0.3 is 5.91 Å². The Morgan fingerprint density at radius 3 is 2.32 bits per heavy atom. The molecule has 19 heavy (non-hydrogen) atoms. The Hall–Kier alpha value is -1.77. The Morgan fingerprint density at radius 2 is 1.84 bits per heavy atom. The van der Waals surface area contributed by atoms with Crippen molar-refractivity contribution in [1.82, 2.24) is 4.57 Å². The molecule has 1 N–H and O–H groups in total. The van der Waals surface area contributed by atoms with Crippen molar-refractivity contribution in [2.45, 2.75) is 6.92 Å². The lowest BCUT2D eigenvalue weighted by Crippen LogP contribution is -2.68. The monoisotopic (exact) mass is 286 g/mol. The van der Waals surface area contributed by atoms with Crippen LogP contribution in [-0.4, -0.2) is 10.5 Å². The summed E-state index contributed by atoms with van der Waals surface area (Å²) in [6.07, 6.45) is 1.64. The summed E-state index contributed by atoms with van der Waals surface area (Å²) < 4.78 is 35.6. The average Bonchev–Trinajstić information content (AvgIpc) is 2.64. The van der Waals surface area contributed by atoms with Gasteiger partial charge in [0.25, 0.3) is 5.82 Å². The highest BCUT2D eigenvalue weighted by Crippen LogP contribution is 2.12. The van der Waals surface area contributed by atoms with E-state index in [1.807, 2.05) is 24.3 Å². The summed E-state index contributed by atoms with van der Waals surface area (Å²) in [5, 5.41) is 0. The van der Waals surface area contributed by atoms with Gasteiger partial charge in [0.05, 0.1) is 0 Å². The summed E-state index contributed by atoms with van der Waals surface area (Å²) in [6, 6.07) is 7.67. The van der Waals surface area contributed by atoms with Crippen LogP contribution in [-0.2, 0) is 0 Å². The van der Waals surface area contributed by atoms with Crippen LogP contribution in [0.5, 0.6) is 0 Å². The molecule has 1 aromatic carbocycles. The van der Waals surface area contributed by atoms with E-state index in [1.54, 1.807) is 10.6 Å². The Kier molecular flexibility index (Phi) is 4.76. The third-order valence-corrected chi connectivity index (χ3v) is 2.16. The van der Waals surface area contributed by atoms with Crippen LogP contribution in [0.2, 0.25) is 0 Å².